The van der Waals surface area contributed by atoms with Gasteiger partial charge in [0.1, 0.15) is 0 Å². The molecule has 0 radical (unpaired) electrons. The number of aliphatic hydroxyl groups excluding tert-OH is 1. The Hall–Kier alpha value is -1.29. The Kier molecular flexibility index (Phi) is 2.06. The average Bonchev–Trinajstić information content (AvgIpc) is 2.78. The van der Waals surface area contributed by atoms with Gasteiger partial charge in [0.15, 0.2) is 6.10 Å². The Morgan fingerprint density at radius 1 is 1.69 bits per heavy atom. The second-order valence-electron chi connectivity index (χ2n) is 3.31. The zero-order valence-corrected chi connectivity index (χ0v) is 7.16. The fourth-order valence-corrected chi connectivity index (χ4v) is 1.16. The smallest absolute Gasteiger partial charge is 0.255 e. The molecular weight excluding hydrogens is 168 g/mol. The first kappa shape index (κ1) is 8.31. The maximum Gasteiger partial charge on any atom is 0.255 e. The molecule has 1 amide bonds. The van der Waals surface area contributed by atoms with E-state index in [1.54, 1.807) is 18.3 Å². The molecule has 2 rings (SSSR count). The molecule has 13 heavy (non-hydrogen) atoms. The molecule has 1 heterocycles. The van der Waals surface area contributed by atoms with E-state index in [0.29, 0.717) is 5.69 Å². The van der Waals surface area contributed by atoms with Crippen molar-refractivity contribution >= 4 is 5.91 Å². The van der Waals surface area contributed by atoms with Gasteiger partial charge in [0.2, 0.25) is 0 Å². The third-order valence-corrected chi connectivity index (χ3v) is 2.09. The van der Waals surface area contributed by atoms with Crippen LogP contribution in [-0.2, 0) is 4.79 Å². The maximum absolute atomic E-state index is 11.3. The summed E-state index contributed by atoms with van der Waals surface area (Å²) in [5.74, 6) is -0.315. The van der Waals surface area contributed by atoms with E-state index >= 15 is 0 Å². The van der Waals surface area contributed by atoms with Crippen LogP contribution in [0.5, 0.6) is 0 Å². The quantitative estimate of drug-likeness (QED) is 0.627. The zero-order chi connectivity index (χ0) is 9.26. The molecule has 0 aliphatic heterocycles. The van der Waals surface area contributed by atoms with Crippen molar-refractivity contribution in [2.45, 2.75) is 25.0 Å². The summed E-state index contributed by atoms with van der Waals surface area (Å²) in [6.07, 6.45) is 2.69. The van der Waals surface area contributed by atoms with Crippen LogP contribution in [-0.4, -0.2) is 22.0 Å². The molecule has 4 heteroatoms. The molecule has 0 bridgehead atoms. The van der Waals surface area contributed by atoms with Gasteiger partial charge in [-0.2, -0.15) is 0 Å². The number of carbonyl (C=O) groups excluding carboxylic acids is 1. The number of amides is 1. The molecule has 0 aromatic carbocycles. The van der Waals surface area contributed by atoms with E-state index < -0.39 is 6.10 Å². The number of aromatic nitrogens is 1. The van der Waals surface area contributed by atoms with Gasteiger partial charge >= 0.3 is 0 Å². The van der Waals surface area contributed by atoms with Crippen molar-refractivity contribution in [3.8, 4) is 0 Å². The first-order valence-corrected chi connectivity index (χ1v) is 4.39. The fourth-order valence-electron chi connectivity index (χ4n) is 1.16. The van der Waals surface area contributed by atoms with Crippen molar-refractivity contribution < 1.29 is 9.90 Å². The lowest BCUT2D eigenvalue weighted by Gasteiger charge is -2.08. The predicted octanol–water partition coefficient (Wildman–Crippen LogP) is 0.327. The molecular formula is C9H12N2O2. The minimum absolute atomic E-state index is 0.289. The fraction of sp³-hybridized carbons (Fsp3) is 0.444. The van der Waals surface area contributed by atoms with Crippen LogP contribution in [0.4, 0.5) is 0 Å². The van der Waals surface area contributed by atoms with E-state index in [1.807, 2.05) is 0 Å². The van der Waals surface area contributed by atoms with Gasteiger partial charge in [-0.25, -0.2) is 0 Å². The SMILES string of the molecule is O=C(NC1CC1)C(O)c1ccc[nH]1. The van der Waals surface area contributed by atoms with Crippen molar-refractivity contribution in [3.63, 3.8) is 0 Å². The molecule has 1 saturated carbocycles. The number of H-pyrrole nitrogens is 1. The third-order valence-electron chi connectivity index (χ3n) is 2.09. The molecule has 1 fully saturated rings. The van der Waals surface area contributed by atoms with Gasteiger partial charge in [-0.05, 0) is 25.0 Å². The summed E-state index contributed by atoms with van der Waals surface area (Å²) in [5, 5.41) is 12.2. The highest BCUT2D eigenvalue weighted by Gasteiger charge is 2.27. The summed E-state index contributed by atoms with van der Waals surface area (Å²) in [7, 11) is 0. The number of aromatic amines is 1. The molecule has 1 aromatic heterocycles. The first-order valence-electron chi connectivity index (χ1n) is 4.39. The molecule has 70 valence electrons. The second kappa shape index (κ2) is 3.22. The first-order chi connectivity index (χ1) is 6.27. The minimum Gasteiger partial charge on any atom is -0.377 e. The van der Waals surface area contributed by atoms with E-state index in [0.717, 1.165) is 12.8 Å². The Morgan fingerprint density at radius 2 is 2.46 bits per heavy atom. The summed E-state index contributed by atoms with van der Waals surface area (Å²) in [5.41, 5.74) is 0.540. The van der Waals surface area contributed by atoms with E-state index in [1.165, 1.54) is 0 Å². The minimum atomic E-state index is -1.06. The molecule has 1 aromatic rings. The molecule has 1 unspecified atom stereocenters. The number of nitrogens with one attached hydrogen (secondary N) is 2. The van der Waals surface area contributed by atoms with Gasteiger partial charge in [0, 0.05) is 12.2 Å². The van der Waals surface area contributed by atoms with Crippen LogP contribution < -0.4 is 5.32 Å². The van der Waals surface area contributed by atoms with Crippen molar-refractivity contribution in [2.75, 3.05) is 0 Å². The summed E-state index contributed by atoms with van der Waals surface area (Å²) < 4.78 is 0. The largest absolute Gasteiger partial charge is 0.377 e. The van der Waals surface area contributed by atoms with Gasteiger partial charge in [-0.1, -0.05) is 0 Å². The van der Waals surface area contributed by atoms with Crippen molar-refractivity contribution in [1.29, 1.82) is 0 Å². The van der Waals surface area contributed by atoms with Crippen LogP contribution in [0.2, 0.25) is 0 Å². The highest BCUT2D eigenvalue weighted by molar-refractivity contribution is 5.81. The summed E-state index contributed by atoms with van der Waals surface area (Å²) in [6.45, 7) is 0. The highest BCUT2D eigenvalue weighted by Crippen LogP contribution is 2.20. The lowest BCUT2D eigenvalue weighted by Crippen LogP contribution is -2.31. The van der Waals surface area contributed by atoms with Crippen LogP contribution in [0.25, 0.3) is 0 Å². The van der Waals surface area contributed by atoms with Gasteiger partial charge in [-0.15, -0.1) is 0 Å². The Bertz CT molecular complexity index is 291. The van der Waals surface area contributed by atoms with Crippen LogP contribution >= 0.6 is 0 Å². The molecule has 3 N–H and O–H groups in total. The van der Waals surface area contributed by atoms with Crippen LogP contribution in [0.3, 0.4) is 0 Å². The van der Waals surface area contributed by atoms with E-state index in [2.05, 4.69) is 10.3 Å². The molecule has 4 nitrogen and oxygen atoms in total. The number of hydrogen-bond acceptors (Lipinski definition) is 2. The Morgan fingerprint density at radius 3 is 3.00 bits per heavy atom. The molecule has 1 aliphatic rings. The monoisotopic (exact) mass is 180 g/mol. The highest BCUT2D eigenvalue weighted by atomic mass is 16.3. The third kappa shape index (κ3) is 1.89. The predicted molar refractivity (Wildman–Crippen MR) is 46.9 cm³/mol. The Labute approximate surface area is 76.0 Å². The summed E-state index contributed by atoms with van der Waals surface area (Å²) >= 11 is 0. The van der Waals surface area contributed by atoms with E-state index in [4.69, 9.17) is 0 Å². The lowest BCUT2D eigenvalue weighted by atomic mass is 10.2. The lowest BCUT2D eigenvalue weighted by molar-refractivity contribution is -0.129. The van der Waals surface area contributed by atoms with Crippen molar-refractivity contribution in [2.24, 2.45) is 0 Å². The standard InChI is InChI=1S/C9H12N2O2/c12-8(7-2-1-5-10-7)9(13)11-6-3-4-6/h1-2,5-6,8,10,12H,3-4H2,(H,11,13). The van der Waals surface area contributed by atoms with Crippen molar-refractivity contribution in [1.82, 2.24) is 10.3 Å². The number of hydrogen-bond donors (Lipinski definition) is 3. The second-order valence-corrected chi connectivity index (χ2v) is 3.31. The van der Waals surface area contributed by atoms with E-state index in [-0.39, 0.29) is 11.9 Å². The molecule has 1 atom stereocenters. The van der Waals surface area contributed by atoms with Gasteiger partial charge in [0.25, 0.3) is 5.91 Å². The van der Waals surface area contributed by atoms with Crippen LogP contribution in [0, 0.1) is 0 Å². The van der Waals surface area contributed by atoms with Gasteiger partial charge < -0.3 is 15.4 Å². The summed E-state index contributed by atoms with van der Waals surface area (Å²) in [6, 6.07) is 3.73. The topological polar surface area (TPSA) is 65.1 Å². The number of carbonyl (C=O) groups is 1. The summed E-state index contributed by atoms with van der Waals surface area (Å²) in [4.78, 5) is 14.1. The molecule has 1 aliphatic carbocycles. The number of aliphatic hydroxyl groups is 1. The van der Waals surface area contributed by atoms with Crippen LogP contribution in [0.15, 0.2) is 18.3 Å². The molecule has 0 spiro atoms. The van der Waals surface area contributed by atoms with Crippen molar-refractivity contribution in [3.05, 3.63) is 24.0 Å². The van der Waals surface area contributed by atoms with Crippen LogP contribution in [0.1, 0.15) is 24.6 Å². The number of rotatable bonds is 3. The van der Waals surface area contributed by atoms with Gasteiger partial charge in [0.05, 0.1) is 5.69 Å². The molecule has 0 saturated heterocycles. The maximum atomic E-state index is 11.3. The normalized spacial score (nSPS) is 18.2. The zero-order valence-electron chi connectivity index (χ0n) is 7.16. The average molecular weight is 180 g/mol. The van der Waals surface area contributed by atoms with E-state index in [9.17, 15) is 9.90 Å². The van der Waals surface area contributed by atoms with Gasteiger partial charge in [-0.3, -0.25) is 4.79 Å². The Balaban J connectivity index is 1.95.